The highest BCUT2D eigenvalue weighted by atomic mass is 32.2. The van der Waals surface area contributed by atoms with Gasteiger partial charge in [-0.05, 0) is 23.7 Å². The number of nitrogens with one attached hydrogen (secondary N) is 1. The Labute approximate surface area is 99.4 Å². The fraction of sp³-hybridized carbons (Fsp3) is 0.125. The number of nitrogens with zero attached hydrogens (tertiary/aromatic N) is 2. The van der Waals surface area contributed by atoms with Gasteiger partial charge in [0.15, 0.2) is 10.1 Å². The highest BCUT2D eigenvalue weighted by molar-refractivity contribution is 8.00. The Kier molecular flexibility index (Phi) is 3.54. The second-order valence-electron chi connectivity index (χ2n) is 2.74. The van der Waals surface area contributed by atoms with Crippen LogP contribution in [0.15, 0.2) is 27.2 Å². The van der Waals surface area contributed by atoms with Crippen LogP contribution in [0.25, 0.3) is 0 Å². The molecule has 0 spiro atoms. The largest absolute Gasteiger partial charge is 0.455 e. The van der Waals surface area contributed by atoms with Crippen molar-refractivity contribution in [1.82, 2.24) is 14.8 Å². The number of nitrogen functional groups attached to an aromatic ring is 1. The Morgan fingerprint density at radius 3 is 3.19 bits per heavy atom. The molecule has 84 valence electrons. The minimum atomic E-state index is -0.438. The Hall–Kier alpha value is -1.38. The van der Waals surface area contributed by atoms with Gasteiger partial charge in [-0.25, -0.2) is 10.8 Å². The van der Waals surface area contributed by atoms with Crippen molar-refractivity contribution in [1.29, 1.82) is 0 Å². The summed E-state index contributed by atoms with van der Waals surface area (Å²) in [6, 6.07) is 3.32. The van der Waals surface area contributed by atoms with Crippen molar-refractivity contribution < 1.29 is 9.21 Å². The summed E-state index contributed by atoms with van der Waals surface area (Å²) >= 11 is 2.82. The molecule has 0 atom stereocenters. The van der Waals surface area contributed by atoms with Gasteiger partial charge in [0.25, 0.3) is 0 Å². The standard InChI is InChI=1S/C8H8N4O2S2/c9-12-7(13)6-2-1-5(14-6)3-15-8-10-4-11-16-8/h1-2,4H,3,9H2,(H,12,13). The van der Waals surface area contributed by atoms with Crippen LogP contribution in [0.4, 0.5) is 0 Å². The van der Waals surface area contributed by atoms with E-state index in [0.717, 1.165) is 4.34 Å². The number of hydrogen-bond acceptors (Lipinski definition) is 7. The van der Waals surface area contributed by atoms with Crippen molar-refractivity contribution in [2.45, 2.75) is 10.1 Å². The van der Waals surface area contributed by atoms with Crippen LogP contribution < -0.4 is 11.3 Å². The SMILES string of the molecule is NNC(=O)c1ccc(CSc2ncns2)o1. The van der Waals surface area contributed by atoms with E-state index < -0.39 is 5.91 Å². The third-order valence-electron chi connectivity index (χ3n) is 1.70. The average molecular weight is 256 g/mol. The molecule has 0 aliphatic heterocycles. The minimum Gasteiger partial charge on any atom is -0.455 e. The molecule has 0 radical (unpaired) electrons. The molecule has 2 aromatic heterocycles. The van der Waals surface area contributed by atoms with Gasteiger partial charge in [0.1, 0.15) is 12.1 Å². The number of hydrogen-bond donors (Lipinski definition) is 2. The first kappa shape index (κ1) is 11.1. The molecule has 1 amide bonds. The van der Waals surface area contributed by atoms with Gasteiger partial charge in [-0.2, -0.15) is 4.37 Å². The molecule has 0 bridgehead atoms. The van der Waals surface area contributed by atoms with Crippen LogP contribution in [0.3, 0.4) is 0 Å². The number of nitrogens with two attached hydrogens (primary N) is 1. The van der Waals surface area contributed by atoms with E-state index in [4.69, 9.17) is 10.3 Å². The van der Waals surface area contributed by atoms with E-state index in [2.05, 4.69) is 9.36 Å². The molecular formula is C8H8N4O2S2. The summed E-state index contributed by atoms with van der Waals surface area (Å²) in [5, 5.41) is 0. The fourth-order valence-corrected chi connectivity index (χ4v) is 2.35. The second kappa shape index (κ2) is 5.10. The molecule has 0 saturated heterocycles. The van der Waals surface area contributed by atoms with Crippen LogP contribution in [0, 0.1) is 0 Å². The zero-order chi connectivity index (χ0) is 11.4. The predicted octanol–water partition coefficient (Wildman–Crippen LogP) is 1.03. The van der Waals surface area contributed by atoms with E-state index in [1.165, 1.54) is 29.6 Å². The van der Waals surface area contributed by atoms with Crippen LogP contribution >= 0.6 is 23.3 Å². The normalized spacial score (nSPS) is 10.3. The zero-order valence-electron chi connectivity index (χ0n) is 8.04. The number of furan rings is 1. The van der Waals surface area contributed by atoms with E-state index in [1.54, 1.807) is 12.1 Å². The second-order valence-corrected chi connectivity index (χ2v) is 4.74. The van der Waals surface area contributed by atoms with E-state index in [1.807, 2.05) is 5.43 Å². The molecule has 8 heteroatoms. The number of carbonyl (C=O) groups is 1. The van der Waals surface area contributed by atoms with Crippen molar-refractivity contribution in [3.05, 3.63) is 30.0 Å². The van der Waals surface area contributed by atoms with Crippen molar-refractivity contribution in [2.75, 3.05) is 0 Å². The highest BCUT2D eigenvalue weighted by Gasteiger charge is 2.10. The monoisotopic (exact) mass is 256 g/mol. The molecule has 0 aliphatic rings. The first-order valence-electron chi connectivity index (χ1n) is 4.28. The molecule has 0 fully saturated rings. The van der Waals surface area contributed by atoms with Gasteiger partial charge >= 0.3 is 5.91 Å². The van der Waals surface area contributed by atoms with Gasteiger partial charge in [0.2, 0.25) is 0 Å². The van der Waals surface area contributed by atoms with Crippen molar-refractivity contribution in [3.8, 4) is 0 Å². The number of rotatable bonds is 4. The fourth-order valence-electron chi connectivity index (χ4n) is 1.01. The Morgan fingerprint density at radius 1 is 1.62 bits per heavy atom. The number of carbonyl (C=O) groups excluding carboxylic acids is 1. The van der Waals surface area contributed by atoms with Crippen LogP contribution in [0.5, 0.6) is 0 Å². The lowest BCUT2D eigenvalue weighted by Gasteiger charge is -1.94. The lowest BCUT2D eigenvalue weighted by Crippen LogP contribution is -2.29. The zero-order valence-corrected chi connectivity index (χ0v) is 9.68. The lowest BCUT2D eigenvalue weighted by atomic mass is 10.4. The maximum absolute atomic E-state index is 11.1. The van der Waals surface area contributed by atoms with Crippen LogP contribution in [-0.2, 0) is 5.75 Å². The molecule has 0 unspecified atom stereocenters. The molecule has 6 nitrogen and oxygen atoms in total. The Morgan fingerprint density at radius 2 is 2.50 bits per heavy atom. The third-order valence-corrected chi connectivity index (χ3v) is 3.52. The van der Waals surface area contributed by atoms with Gasteiger partial charge in [-0.15, -0.1) is 0 Å². The average Bonchev–Trinajstić information content (AvgIpc) is 2.96. The predicted molar refractivity (Wildman–Crippen MR) is 59.8 cm³/mol. The molecule has 0 aromatic carbocycles. The first-order chi connectivity index (χ1) is 7.79. The molecular weight excluding hydrogens is 248 g/mol. The van der Waals surface area contributed by atoms with Gasteiger partial charge in [0.05, 0.1) is 5.75 Å². The van der Waals surface area contributed by atoms with Crippen LogP contribution in [-0.4, -0.2) is 15.3 Å². The number of hydrazine groups is 1. The lowest BCUT2D eigenvalue weighted by molar-refractivity contribution is 0.0924. The topological polar surface area (TPSA) is 94.0 Å². The van der Waals surface area contributed by atoms with E-state index in [9.17, 15) is 4.79 Å². The number of thioether (sulfide) groups is 1. The van der Waals surface area contributed by atoms with Crippen molar-refractivity contribution in [3.63, 3.8) is 0 Å². The summed E-state index contributed by atoms with van der Waals surface area (Å²) < 4.78 is 10.0. The van der Waals surface area contributed by atoms with E-state index in [-0.39, 0.29) is 5.76 Å². The van der Waals surface area contributed by atoms with Crippen molar-refractivity contribution in [2.24, 2.45) is 5.84 Å². The van der Waals surface area contributed by atoms with E-state index in [0.29, 0.717) is 11.5 Å². The Bertz CT molecular complexity index is 468. The van der Waals surface area contributed by atoms with E-state index >= 15 is 0 Å². The summed E-state index contributed by atoms with van der Waals surface area (Å²) in [5.74, 6) is 6.05. The molecule has 2 rings (SSSR count). The quantitative estimate of drug-likeness (QED) is 0.367. The summed E-state index contributed by atoms with van der Waals surface area (Å²) in [7, 11) is 0. The van der Waals surface area contributed by atoms with Gasteiger partial charge < -0.3 is 4.42 Å². The number of amides is 1. The Balaban J connectivity index is 1.95. The van der Waals surface area contributed by atoms with Crippen LogP contribution in [0.1, 0.15) is 16.3 Å². The maximum atomic E-state index is 11.1. The smallest absolute Gasteiger partial charge is 0.300 e. The maximum Gasteiger partial charge on any atom is 0.300 e. The first-order valence-corrected chi connectivity index (χ1v) is 6.04. The number of aromatic nitrogens is 2. The molecule has 2 aromatic rings. The molecule has 3 N–H and O–H groups in total. The van der Waals surface area contributed by atoms with Gasteiger partial charge in [-0.1, -0.05) is 11.8 Å². The third kappa shape index (κ3) is 2.60. The molecule has 0 saturated carbocycles. The summed E-state index contributed by atoms with van der Waals surface area (Å²) in [6.45, 7) is 0. The molecule has 2 heterocycles. The van der Waals surface area contributed by atoms with Gasteiger partial charge in [0, 0.05) is 0 Å². The summed E-state index contributed by atoms with van der Waals surface area (Å²) in [5.41, 5.74) is 2.00. The highest BCUT2D eigenvalue weighted by Crippen LogP contribution is 2.23. The summed E-state index contributed by atoms with van der Waals surface area (Å²) in [6.07, 6.45) is 1.50. The molecule has 16 heavy (non-hydrogen) atoms. The molecule has 0 aliphatic carbocycles. The van der Waals surface area contributed by atoms with Crippen molar-refractivity contribution >= 4 is 29.2 Å². The van der Waals surface area contributed by atoms with Gasteiger partial charge in [-0.3, -0.25) is 10.2 Å². The summed E-state index contributed by atoms with van der Waals surface area (Å²) in [4.78, 5) is 15.1. The minimum absolute atomic E-state index is 0.204. The van der Waals surface area contributed by atoms with Crippen LogP contribution in [0.2, 0.25) is 0 Å².